The van der Waals surface area contributed by atoms with E-state index in [1.54, 1.807) is 0 Å². The van der Waals surface area contributed by atoms with Gasteiger partial charge in [-0.25, -0.2) is 0 Å². The summed E-state index contributed by atoms with van der Waals surface area (Å²) in [6.45, 7) is 4.24. The fraction of sp³-hybridized carbons (Fsp3) is 0.250. The summed E-state index contributed by atoms with van der Waals surface area (Å²) in [6.07, 6.45) is 0. The second-order valence-corrected chi connectivity index (χ2v) is 2.08. The monoisotopic (exact) mass is 314 g/mol. The summed E-state index contributed by atoms with van der Waals surface area (Å²) >= 11 is 0. The number of rotatable bonds is 0. The Labute approximate surface area is 76.4 Å². The van der Waals surface area contributed by atoms with Crippen LogP contribution < -0.4 is 0 Å². The molecule has 0 saturated carbocycles. The molecule has 0 aliphatic carbocycles. The fourth-order valence-corrected chi connectivity index (χ4v) is 0.663. The van der Waals surface area contributed by atoms with E-state index in [1.165, 1.54) is 11.1 Å². The molecular formula is C8H10Pb. The molecule has 4 radical (unpaired) electrons. The summed E-state index contributed by atoms with van der Waals surface area (Å²) in [7, 11) is 0. The van der Waals surface area contributed by atoms with E-state index in [4.69, 9.17) is 0 Å². The van der Waals surface area contributed by atoms with Crippen molar-refractivity contribution < 1.29 is 0 Å². The van der Waals surface area contributed by atoms with Gasteiger partial charge in [-0.15, -0.1) is 0 Å². The Morgan fingerprint density at radius 1 is 0.889 bits per heavy atom. The van der Waals surface area contributed by atoms with Crippen molar-refractivity contribution in [1.82, 2.24) is 0 Å². The molecule has 0 unspecified atom stereocenters. The van der Waals surface area contributed by atoms with Gasteiger partial charge in [-0.3, -0.25) is 0 Å². The Hall–Kier alpha value is 0.142. The van der Waals surface area contributed by atoms with E-state index < -0.39 is 0 Å². The predicted molar refractivity (Wildman–Crippen MR) is 41.7 cm³/mol. The van der Waals surface area contributed by atoms with Crippen LogP contribution in [0.2, 0.25) is 0 Å². The van der Waals surface area contributed by atoms with Gasteiger partial charge in [0.25, 0.3) is 0 Å². The quantitative estimate of drug-likeness (QED) is 0.642. The molecular weight excluding hydrogens is 303 g/mol. The minimum atomic E-state index is 0. The van der Waals surface area contributed by atoms with Crippen LogP contribution in [0.4, 0.5) is 0 Å². The molecule has 0 saturated heterocycles. The van der Waals surface area contributed by atoms with Crippen LogP contribution in [0, 0.1) is 13.8 Å². The number of benzene rings is 1. The van der Waals surface area contributed by atoms with E-state index in [1.807, 2.05) is 0 Å². The molecule has 1 aromatic carbocycles. The van der Waals surface area contributed by atoms with Gasteiger partial charge in [0.05, 0.1) is 0 Å². The molecule has 0 bridgehead atoms. The van der Waals surface area contributed by atoms with Crippen LogP contribution in [-0.2, 0) is 0 Å². The molecule has 9 heavy (non-hydrogen) atoms. The van der Waals surface area contributed by atoms with Gasteiger partial charge in [-0.05, 0) is 25.0 Å². The average Bonchev–Trinajstić information content (AvgIpc) is 1.77. The van der Waals surface area contributed by atoms with Gasteiger partial charge in [0.2, 0.25) is 0 Å². The van der Waals surface area contributed by atoms with Crippen LogP contribution in [0.15, 0.2) is 24.3 Å². The molecule has 0 aromatic heterocycles. The van der Waals surface area contributed by atoms with E-state index in [9.17, 15) is 0 Å². The third-order valence-corrected chi connectivity index (χ3v) is 1.43. The molecule has 46 valence electrons. The topological polar surface area (TPSA) is 0 Å². The second-order valence-electron chi connectivity index (χ2n) is 2.08. The van der Waals surface area contributed by atoms with Crippen LogP contribution >= 0.6 is 0 Å². The van der Waals surface area contributed by atoms with E-state index in [-0.39, 0.29) is 27.3 Å². The smallest absolute Gasteiger partial charge is 0 e. The van der Waals surface area contributed by atoms with E-state index in [0.29, 0.717) is 0 Å². The van der Waals surface area contributed by atoms with Gasteiger partial charge < -0.3 is 0 Å². The summed E-state index contributed by atoms with van der Waals surface area (Å²) in [5, 5.41) is 0. The van der Waals surface area contributed by atoms with E-state index in [0.717, 1.165) is 0 Å². The molecule has 0 N–H and O–H groups in total. The first-order valence-corrected chi connectivity index (χ1v) is 2.83. The maximum atomic E-state index is 2.12. The molecule has 0 aliphatic heterocycles. The average molecular weight is 313 g/mol. The molecule has 1 aromatic rings. The summed E-state index contributed by atoms with van der Waals surface area (Å²) < 4.78 is 0. The number of hydrogen-bond acceptors (Lipinski definition) is 0. The van der Waals surface area contributed by atoms with Gasteiger partial charge in [0.15, 0.2) is 0 Å². The minimum Gasteiger partial charge on any atom is -0.0620 e. The predicted octanol–water partition coefficient (Wildman–Crippen LogP) is 1.92. The van der Waals surface area contributed by atoms with E-state index in [2.05, 4.69) is 38.1 Å². The molecule has 1 rings (SSSR count). The molecule has 0 heterocycles. The zero-order valence-electron chi connectivity index (χ0n) is 5.81. The van der Waals surface area contributed by atoms with Crippen molar-refractivity contribution in [3.8, 4) is 0 Å². The zero-order chi connectivity index (χ0) is 5.98. The van der Waals surface area contributed by atoms with E-state index >= 15 is 0 Å². The normalized spacial score (nSPS) is 8.22. The number of hydrogen-bond donors (Lipinski definition) is 0. The van der Waals surface area contributed by atoms with Gasteiger partial charge in [0, 0.05) is 27.3 Å². The summed E-state index contributed by atoms with van der Waals surface area (Å²) in [6, 6.07) is 8.36. The molecule has 0 atom stereocenters. The van der Waals surface area contributed by atoms with Crippen LogP contribution in [0.1, 0.15) is 11.1 Å². The van der Waals surface area contributed by atoms with Crippen molar-refractivity contribution in [3.63, 3.8) is 0 Å². The maximum absolute atomic E-state index is 2.12. The van der Waals surface area contributed by atoms with Crippen molar-refractivity contribution in [2.24, 2.45) is 0 Å². The summed E-state index contributed by atoms with van der Waals surface area (Å²) in [5.41, 5.74) is 2.74. The first kappa shape index (κ1) is 9.14. The minimum absolute atomic E-state index is 0. The van der Waals surface area contributed by atoms with Crippen molar-refractivity contribution in [2.45, 2.75) is 13.8 Å². The van der Waals surface area contributed by atoms with Gasteiger partial charge >= 0.3 is 0 Å². The van der Waals surface area contributed by atoms with Gasteiger partial charge in [-0.1, -0.05) is 24.3 Å². The summed E-state index contributed by atoms with van der Waals surface area (Å²) in [5.74, 6) is 0. The first-order valence-electron chi connectivity index (χ1n) is 2.83. The van der Waals surface area contributed by atoms with Crippen LogP contribution in [0.3, 0.4) is 0 Å². The third-order valence-electron chi connectivity index (χ3n) is 1.43. The Morgan fingerprint density at radius 3 is 1.44 bits per heavy atom. The van der Waals surface area contributed by atoms with Crippen LogP contribution in [0.25, 0.3) is 0 Å². The van der Waals surface area contributed by atoms with Crippen molar-refractivity contribution in [2.75, 3.05) is 0 Å². The van der Waals surface area contributed by atoms with Crippen molar-refractivity contribution in [3.05, 3.63) is 35.4 Å². The molecule has 0 spiro atoms. The second kappa shape index (κ2) is 4.04. The Morgan fingerprint density at radius 2 is 1.22 bits per heavy atom. The fourth-order valence-electron chi connectivity index (χ4n) is 0.663. The Kier molecular flexibility index (Phi) is 4.10. The SMILES string of the molecule is Cc1ccccc1C.[Pb]. The molecule has 0 fully saturated rings. The maximum Gasteiger partial charge on any atom is 0 e. The third kappa shape index (κ3) is 2.47. The Balaban J connectivity index is 0.000000640. The molecule has 0 amide bonds. The zero-order valence-corrected chi connectivity index (χ0v) is 9.70. The molecule has 0 nitrogen and oxygen atoms in total. The van der Waals surface area contributed by atoms with Gasteiger partial charge in [-0.2, -0.15) is 0 Å². The van der Waals surface area contributed by atoms with Crippen molar-refractivity contribution in [1.29, 1.82) is 0 Å². The standard InChI is InChI=1S/C8H10.Pb/c1-7-5-3-4-6-8(7)2;/h3-6H,1-2H3;. The summed E-state index contributed by atoms with van der Waals surface area (Å²) in [4.78, 5) is 0. The Bertz CT molecular complexity index is 161. The largest absolute Gasteiger partial charge is 0.0620 e. The number of aryl methyl sites for hydroxylation is 2. The van der Waals surface area contributed by atoms with Crippen LogP contribution in [0.5, 0.6) is 0 Å². The molecule has 0 aliphatic rings. The van der Waals surface area contributed by atoms with Gasteiger partial charge in [0.1, 0.15) is 0 Å². The van der Waals surface area contributed by atoms with Crippen molar-refractivity contribution >= 4 is 27.3 Å². The van der Waals surface area contributed by atoms with Crippen LogP contribution in [-0.4, -0.2) is 27.3 Å². The first-order chi connectivity index (χ1) is 3.80. The molecule has 1 heteroatoms.